The van der Waals surface area contributed by atoms with Crippen LogP contribution < -0.4 is 4.74 Å². The summed E-state index contributed by atoms with van der Waals surface area (Å²) in [4.78, 5) is 13.1. The molecule has 0 aromatic heterocycles. The first kappa shape index (κ1) is 11.9. The zero-order valence-corrected chi connectivity index (χ0v) is 9.32. The second-order valence-electron chi connectivity index (χ2n) is 4.04. The van der Waals surface area contributed by atoms with E-state index >= 15 is 0 Å². The Hall–Kier alpha value is -1.59. The lowest BCUT2D eigenvalue weighted by molar-refractivity contribution is -0.132. The average molecular weight is 237 g/mol. The number of amides is 1. The van der Waals surface area contributed by atoms with E-state index < -0.39 is 12.2 Å². The normalized spacial score (nSPS) is 23.8. The van der Waals surface area contributed by atoms with Crippen LogP contribution >= 0.6 is 0 Å². The molecule has 2 N–H and O–H groups in total. The summed E-state index contributed by atoms with van der Waals surface area (Å²) in [5.41, 5.74) is 0. The van der Waals surface area contributed by atoms with Crippen molar-refractivity contribution in [2.45, 2.75) is 12.2 Å². The molecule has 0 aliphatic carbocycles. The van der Waals surface area contributed by atoms with Crippen LogP contribution in [-0.4, -0.2) is 52.9 Å². The summed E-state index contributed by atoms with van der Waals surface area (Å²) in [6.45, 7) is 0.250. The summed E-state index contributed by atoms with van der Waals surface area (Å²) < 4.78 is 5.30. The molecule has 0 spiro atoms. The number of benzene rings is 1. The zero-order chi connectivity index (χ0) is 12.3. The predicted molar refractivity (Wildman–Crippen MR) is 60.5 cm³/mol. The highest BCUT2D eigenvalue weighted by molar-refractivity contribution is 5.78. The number of hydrogen-bond acceptors (Lipinski definition) is 4. The van der Waals surface area contributed by atoms with Gasteiger partial charge in [0.15, 0.2) is 6.61 Å². The minimum Gasteiger partial charge on any atom is -0.484 e. The molecule has 2 atom stereocenters. The van der Waals surface area contributed by atoms with Crippen LogP contribution in [0.5, 0.6) is 5.75 Å². The van der Waals surface area contributed by atoms with E-state index in [1.165, 1.54) is 4.90 Å². The number of ether oxygens (including phenoxy) is 1. The molecule has 0 unspecified atom stereocenters. The molecule has 0 radical (unpaired) electrons. The van der Waals surface area contributed by atoms with Gasteiger partial charge >= 0.3 is 0 Å². The van der Waals surface area contributed by atoms with Crippen LogP contribution in [0.15, 0.2) is 30.3 Å². The van der Waals surface area contributed by atoms with Gasteiger partial charge in [-0.3, -0.25) is 4.79 Å². The van der Waals surface area contributed by atoms with Crippen LogP contribution in [0.1, 0.15) is 0 Å². The van der Waals surface area contributed by atoms with Crippen molar-refractivity contribution in [2.24, 2.45) is 0 Å². The standard InChI is InChI=1S/C12H15NO4/c14-10-6-13(7-11(10)15)12(16)8-17-9-4-2-1-3-5-9/h1-5,10-11,14-15H,6-8H2/t10-,11+. The Kier molecular flexibility index (Phi) is 3.61. The molecule has 0 saturated carbocycles. The Morgan fingerprint density at radius 1 is 1.24 bits per heavy atom. The summed E-state index contributed by atoms with van der Waals surface area (Å²) >= 11 is 0. The number of likely N-dealkylation sites (tertiary alicyclic amines) is 1. The second-order valence-corrected chi connectivity index (χ2v) is 4.04. The summed E-state index contributed by atoms with van der Waals surface area (Å²) in [7, 11) is 0. The largest absolute Gasteiger partial charge is 0.484 e. The van der Waals surface area contributed by atoms with E-state index in [-0.39, 0.29) is 25.6 Å². The van der Waals surface area contributed by atoms with Crippen molar-refractivity contribution in [1.29, 1.82) is 0 Å². The van der Waals surface area contributed by atoms with Gasteiger partial charge < -0.3 is 19.8 Å². The quantitative estimate of drug-likeness (QED) is 0.752. The summed E-state index contributed by atoms with van der Waals surface area (Å²) in [6, 6.07) is 9.04. The maximum absolute atomic E-state index is 11.7. The molecule has 17 heavy (non-hydrogen) atoms. The fourth-order valence-corrected chi connectivity index (χ4v) is 1.73. The van der Waals surface area contributed by atoms with Crippen LogP contribution in [-0.2, 0) is 4.79 Å². The lowest BCUT2D eigenvalue weighted by atomic mass is 10.3. The molecular formula is C12H15NO4. The molecule has 1 aliphatic rings. The van der Waals surface area contributed by atoms with E-state index in [0.29, 0.717) is 5.75 Å². The molecule has 1 aromatic rings. The first-order chi connectivity index (χ1) is 8.16. The minimum absolute atomic E-state index is 0.0799. The summed E-state index contributed by atoms with van der Waals surface area (Å²) in [5.74, 6) is 0.394. The van der Waals surface area contributed by atoms with Gasteiger partial charge in [-0.25, -0.2) is 0 Å². The topological polar surface area (TPSA) is 70.0 Å². The molecule has 5 nitrogen and oxygen atoms in total. The molecule has 92 valence electrons. The summed E-state index contributed by atoms with van der Waals surface area (Å²) in [5, 5.41) is 18.6. The van der Waals surface area contributed by atoms with Gasteiger partial charge in [-0.2, -0.15) is 0 Å². The number of nitrogens with zero attached hydrogens (tertiary/aromatic N) is 1. The van der Waals surface area contributed by atoms with Gasteiger partial charge in [0.05, 0.1) is 12.2 Å². The predicted octanol–water partition coefficient (Wildman–Crippen LogP) is -0.371. The SMILES string of the molecule is O=C(COc1ccccc1)N1C[C@@H](O)[C@@H](O)C1. The van der Waals surface area contributed by atoms with Crippen molar-refractivity contribution < 1.29 is 19.7 Å². The third-order valence-corrected chi connectivity index (χ3v) is 2.72. The Morgan fingerprint density at radius 2 is 1.82 bits per heavy atom. The Balaban J connectivity index is 1.82. The Labute approximate surface area is 99.2 Å². The average Bonchev–Trinajstić information content (AvgIpc) is 2.68. The number of aliphatic hydroxyl groups is 2. The van der Waals surface area contributed by atoms with Gasteiger partial charge in [-0.1, -0.05) is 18.2 Å². The number of carbonyl (C=O) groups excluding carboxylic acids is 1. The number of aliphatic hydroxyl groups excluding tert-OH is 2. The number of hydrogen-bond donors (Lipinski definition) is 2. The van der Waals surface area contributed by atoms with Gasteiger partial charge in [0.2, 0.25) is 0 Å². The lowest BCUT2D eigenvalue weighted by Crippen LogP contribution is -2.33. The molecule has 1 aliphatic heterocycles. The highest BCUT2D eigenvalue weighted by Crippen LogP contribution is 2.12. The number of para-hydroxylation sites is 1. The zero-order valence-electron chi connectivity index (χ0n) is 9.32. The molecular weight excluding hydrogens is 222 g/mol. The number of β-amino-alcohol motifs (C(OH)–C–C–N with tert-alkyl or cyclic N) is 2. The van der Waals surface area contributed by atoms with Gasteiger partial charge in [0, 0.05) is 13.1 Å². The molecule has 1 heterocycles. The first-order valence-corrected chi connectivity index (χ1v) is 5.48. The van der Waals surface area contributed by atoms with E-state index in [4.69, 9.17) is 4.74 Å². The van der Waals surface area contributed by atoms with Gasteiger partial charge in [0.1, 0.15) is 5.75 Å². The fourth-order valence-electron chi connectivity index (χ4n) is 1.73. The van der Waals surface area contributed by atoms with Crippen molar-refractivity contribution in [3.05, 3.63) is 30.3 Å². The number of carbonyl (C=O) groups is 1. The van der Waals surface area contributed by atoms with Crippen LogP contribution in [0.2, 0.25) is 0 Å². The van der Waals surface area contributed by atoms with Gasteiger partial charge in [-0.05, 0) is 12.1 Å². The Morgan fingerprint density at radius 3 is 2.41 bits per heavy atom. The van der Waals surface area contributed by atoms with E-state index in [0.717, 1.165) is 0 Å². The van der Waals surface area contributed by atoms with Crippen LogP contribution in [0.3, 0.4) is 0 Å². The fraction of sp³-hybridized carbons (Fsp3) is 0.417. The highest BCUT2D eigenvalue weighted by Gasteiger charge is 2.32. The highest BCUT2D eigenvalue weighted by atomic mass is 16.5. The second kappa shape index (κ2) is 5.16. The third-order valence-electron chi connectivity index (χ3n) is 2.72. The third kappa shape index (κ3) is 2.95. The first-order valence-electron chi connectivity index (χ1n) is 5.48. The molecule has 1 amide bonds. The van der Waals surface area contributed by atoms with E-state index in [1.54, 1.807) is 12.1 Å². The maximum atomic E-state index is 11.7. The molecule has 0 bridgehead atoms. The van der Waals surface area contributed by atoms with E-state index in [9.17, 15) is 15.0 Å². The Bertz CT molecular complexity index is 371. The lowest BCUT2D eigenvalue weighted by Gasteiger charge is -2.15. The minimum atomic E-state index is -0.851. The molecule has 5 heteroatoms. The smallest absolute Gasteiger partial charge is 0.260 e. The van der Waals surface area contributed by atoms with Gasteiger partial charge in [0.25, 0.3) is 5.91 Å². The van der Waals surface area contributed by atoms with Crippen LogP contribution in [0, 0.1) is 0 Å². The maximum Gasteiger partial charge on any atom is 0.260 e. The van der Waals surface area contributed by atoms with Crippen molar-refractivity contribution >= 4 is 5.91 Å². The van der Waals surface area contributed by atoms with Crippen molar-refractivity contribution in [2.75, 3.05) is 19.7 Å². The van der Waals surface area contributed by atoms with Crippen molar-refractivity contribution in [1.82, 2.24) is 4.90 Å². The van der Waals surface area contributed by atoms with Crippen molar-refractivity contribution in [3.8, 4) is 5.75 Å². The molecule has 2 rings (SSSR count). The van der Waals surface area contributed by atoms with E-state index in [1.807, 2.05) is 18.2 Å². The summed E-state index contributed by atoms with van der Waals surface area (Å²) in [6.07, 6.45) is -1.70. The van der Waals surface area contributed by atoms with Gasteiger partial charge in [-0.15, -0.1) is 0 Å². The molecule has 1 fully saturated rings. The monoisotopic (exact) mass is 237 g/mol. The van der Waals surface area contributed by atoms with Crippen LogP contribution in [0.4, 0.5) is 0 Å². The molecule has 1 saturated heterocycles. The van der Waals surface area contributed by atoms with E-state index in [2.05, 4.69) is 0 Å². The molecule has 1 aromatic carbocycles. The van der Waals surface area contributed by atoms with Crippen molar-refractivity contribution in [3.63, 3.8) is 0 Å². The number of rotatable bonds is 3. The van der Waals surface area contributed by atoms with Crippen LogP contribution in [0.25, 0.3) is 0 Å².